The number of benzene rings is 2. The number of carbonyl (C=O) groups excluding carboxylic acids is 1. The maximum Gasteiger partial charge on any atom is 0.226 e. The second-order valence-corrected chi connectivity index (χ2v) is 6.98. The van der Waals surface area contributed by atoms with E-state index < -0.39 is 0 Å². The summed E-state index contributed by atoms with van der Waals surface area (Å²) in [6, 6.07) is 16.8. The van der Waals surface area contributed by atoms with Gasteiger partial charge >= 0.3 is 0 Å². The van der Waals surface area contributed by atoms with E-state index in [-0.39, 0.29) is 23.5 Å². The first-order chi connectivity index (χ1) is 13.2. The Morgan fingerprint density at radius 1 is 1.00 bits per heavy atom. The molecule has 0 unspecified atom stereocenters. The molecule has 2 N–H and O–H groups in total. The quantitative estimate of drug-likeness (QED) is 0.734. The molecule has 6 heteroatoms. The number of phenolic OH excluding ortho intramolecular Hbond substituents is 1. The van der Waals surface area contributed by atoms with Crippen LogP contribution in [0.1, 0.15) is 35.9 Å². The van der Waals surface area contributed by atoms with Crippen molar-refractivity contribution < 1.29 is 9.90 Å². The molecule has 1 aliphatic carbocycles. The minimum atomic E-state index is -0.330. The highest BCUT2D eigenvalue weighted by molar-refractivity contribution is 6.00. The number of phenols is 1. The molecule has 6 nitrogen and oxygen atoms in total. The van der Waals surface area contributed by atoms with Gasteiger partial charge in [-0.25, -0.2) is 4.68 Å². The molecule has 0 radical (unpaired) electrons. The van der Waals surface area contributed by atoms with E-state index in [1.165, 1.54) is 11.9 Å². The zero-order valence-electron chi connectivity index (χ0n) is 14.5. The van der Waals surface area contributed by atoms with Gasteiger partial charge in [0.2, 0.25) is 5.95 Å². The number of fused-ring (bicyclic) bond motifs is 1. The van der Waals surface area contributed by atoms with Gasteiger partial charge in [0, 0.05) is 17.7 Å². The zero-order chi connectivity index (χ0) is 18.4. The molecule has 0 spiro atoms. The Morgan fingerprint density at radius 3 is 2.56 bits per heavy atom. The molecule has 2 atom stereocenters. The van der Waals surface area contributed by atoms with Gasteiger partial charge in [0.05, 0.1) is 0 Å². The van der Waals surface area contributed by atoms with E-state index in [9.17, 15) is 9.90 Å². The number of rotatable bonds is 2. The van der Waals surface area contributed by atoms with E-state index in [0.717, 1.165) is 23.3 Å². The lowest BCUT2D eigenvalue weighted by Crippen LogP contribution is -2.33. The third-order valence-electron chi connectivity index (χ3n) is 5.34. The van der Waals surface area contributed by atoms with Crippen molar-refractivity contribution in [1.82, 2.24) is 14.8 Å². The van der Waals surface area contributed by atoms with Crippen LogP contribution in [0.2, 0.25) is 0 Å². The van der Waals surface area contributed by atoms with E-state index in [4.69, 9.17) is 0 Å². The van der Waals surface area contributed by atoms with Crippen LogP contribution in [0.5, 0.6) is 5.75 Å². The number of Topliss-reactive ketones (excluding diaryl/α,β-unsaturated/α-hetero) is 1. The van der Waals surface area contributed by atoms with Crippen molar-refractivity contribution in [3.05, 3.63) is 83.3 Å². The second-order valence-electron chi connectivity index (χ2n) is 6.98. The molecule has 0 fully saturated rings. The summed E-state index contributed by atoms with van der Waals surface area (Å²) in [5, 5.41) is 17.3. The molecular weight excluding hydrogens is 340 g/mol. The summed E-state index contributed by atoms with van der Waals surface area (Å²) in [4.78, 5) is 17.5. The monoisotopic (exact) mass is 358 g/mol. The lowest BCUT2D eigenvalue weighted by molar-refractivity contribution is -0.116. The molecule has 2 aromatic carbocycles. The highest BCUT2D eigenvalue weighted by atomic mass is 16.3. The number of ketones is 1. The van der Waals surface area contributed by atoms with Crippen molar-refractivity contribution in [2.45, 2.75) is 24.8 Å². The van der Waals surface area contributed by atoms with Crippen LogP contribution in [0.25, 0.3) is 0 Å². The van der Waals surface area contributed by atoms with E-state index in [1.807, 2.05) is 30.3 Å². The van der Waals surface area contributed by atoms with Crippen LogP contribution < -0.4 is 5.32 Å². The van der Waals surface area contributed by atoms with Crippen molar-refractivity contribution in [2.24, 2.45) is 0 Å². The Labute approximate surface area is 156 Å². The highest BCUT2D eigenvalue weighted by Crippen LogP contribution is 2.43. The Morgan fingerprint density at radius 2 is 1.78 bits per heavy atom. The number of nitrogens with zero attached hydrogens (tertiary/aromatic N) is 3. The van der Waals surface area contributed by atoms with Crippen molar-refractivity contribution in [3.63, 3.8) is 0 Å². The molecule has 2 heterocycles. The SMILES string of the molecule is O=C1C[C@H](c2ccccc2)CC2=C1[C@H](c1ccc(O)cc1)n1ncnc1N2. The van der Waals surface area contributed by atoms with Crippen LogP contribution >= 0.6 is 0 Å². The summed E-state index contributed by atoms with van der Waals surface area (Å²) < 4.78 is 1.74. The van der Waals surface area contributed by atoms with Gasteiger partial charge in [-0.05, 0) is 35.6 Å². The summed E-state index contributed by atoms with van der Waals surface area (Å²) in [6.45, 7) is 0. The average Bonchev–Trinajstić information content (AvgIpc) is 3.16. The van der Waals surface area contributed by atoms with Gasteiger partial charge in [-0.3, -0.25) is 4.79 Å². The second kappa shape index (κ2) is 6.09. The van der Waals surface area contributed by atoms with Crippen molar-refractivity contribution in [1.29, 1.82) is 0 Å². The van der Waals surface area contributed by atoms with Crippen LogP contribution in [0.4, 0.5) is 5.95 Å². The van der Waals surface area contributed by atoms with Gasteiger partial charge in [-0.15, -0.1) is 0 Å². The van der Waals surface area contributed by atoms with E-state index >= 15 is 0 Å². The maximum atomic E-state index is 13.2. The number of aromatic nitrogens is 3. The third kappa shape index (κ3) is 2.61. The van der Waals surface area contributed by atoms with Crippen molar-refractivity contribution in [2.75, 3.05) is 5.32 Å². The number of carbonyl (C=O) groups is 1. The van der Waals surface area contributed by atoms with E-state index in [2.05, 4.69) is 27.5 Å². The molecule has 0 bridgehead atoms. The Kier molecular flexibility index (Phi) is 3.57. The van der Waals surface area contributed by atoms with Crippen LogP contribution in [0.3, 0.4) is 0 Å². The lowest BCUT2D eigenvalue weighted by atomic mass is 9.78. The van der Waals surface area contributed by atoms with Crippen LogP contribution in [-0.4, -0.2) is 25.7 Å². The van der Waals surface area contributed by atoms with Gasteiger partial charge in [0.15, 0.2) is 5.78 Å². The summed E-state index contributed by atoms with van der Waals surface area (Å²) in [5.74, 6) is 1.10. The fourth-order valence-electron chi connectivity index (χ4n) is 4.08. The molecule has 5 rings (SSSR count). The number of nitrogens with one attached hydrogen (secondary N) is 1. The first-order valence-corrected chi connectivity index (χ1v) is 8.97. The van der Waals surface area contributed by atoms with Crippen LogP contribution in [0.15, 0.2) is 72.2 Å². The van der Waals surface area contributed by atoms with Crippen LogP contribution in [-0.2, 0) is 4.79 Å². The Bertz CT molecular complexity index is 1040. The van der Waals surface area contributed by atoms with E-state index in [1.54, 1.807) is 16.8 Å². The predicted octanol–water partition coefficient (Wildman–Crippen LogP) is 3.40. The summed E-state index contributed by atoms with van der Waals surface area (Å²) in [5.41, 5.74) is 3.73. The molecule has 0 saturated carbocycles. The minimum Gasteiger partial charge on any atom is -0.508 e. The molecule has 1 aliphatic heterocycles. The number of hydrogen-bond donors (Lipinski definition) is 2. The molecular formula is C21H18N4O2. The standard InChI is InChI=1S/C21H18N4O2/c26-16-8-6-14(7-9-16)20-19-17(24-21-22-12-23-25(20)21)10-15(11-18(19)27)13-4-2-1-3-5-13/h1-9,12,15,20,26H,10-11H2,(H,22,23,24)/t15-,20+/m1/s1. The molecule has 0 saturated heterocycles. The molecule has 0 amide bonds. The topological polar surface area (TPSA) is 80.0 Å². The fourth-order valence-corrected chi connectivity index (χ4v) is 4.08. The van der Waals surface area contributed by atoms with Crippen molar-refractivity contribution in [3.8, 4) is 5.75 Å². The van der Waals surface area contributed by atoms with Crippen LogP contribution in [0, 0.1) is 0 Å². The maximum absolute atomic E-state index is 13.2. The average molecular weight is 358 g/mol. The highest BCUT2D eigenvalue weighted by Gasteiger charge is 2.39. The molecule has 27 heavy (non-hydrogen) atoms. The minimum absolute atomic E-state index is 0.122. The largest absolute Gasteiger partial charge is 0.508 e. The Balaban J connectivity index is 1.60. The first kappa shape index (κ1) is 15.8. The van der Waals surface area contributed by atoms with Crippen molar-refractivity contribution >= 4 is 11.7 Å². The summed E-state index contributed by atoms with van der Waals surface area (Å²) >= 11 is 0. The summed E-state index contributed by atoms with van der Waals surface area (Å²) in [6.07, 6.45) is 2.73. The van der Waals surface area contributed by atoms with Gasteiger partial charge < -0.3 is 10.4 Å². The Hall–Kier alpha value is -3.41. The lowest BCUT2D eigenvalue weighted by Gasteiger charge is -2.35. The normalized spacial score (nSPS) is 21.4. The number of allylic oxidation sites excluding steroid dienone is 2. The number of aromatic hydroxyl groups is 1. The van der Waals surface area contributed by atoms with Gasteiger partial charge in [0.1, 0.15) is 18.1 Å². The van der Waals surface area contributed by atoms with Gasteiger partial charge in [0.25, 0.3) is 0 Å². The first-order valence-electron chi connectivity index (χ1n) is 8.97. The molecule has 3 aromatic rings. The fraction of sp³-hybridized carbons (Fsp3) is 0.190. The third-order valence-corrected chi connectivity index (χ3v) is 5.34. The molecule has 1 aromatic heterocycles. The zero-order valence-corrected chi connectivity index (χ0v) is 14.5. The summed E-state index contributed by atoms with van der Waals surface area (Å²) in [7, 11) is 0. The van der Waals surface area contributed by atoms with Gasteiger partial charge in [-0.1, -0.05) is 42.5 Å². The molecule has 2 aliphatic rings. The molecule has 134 valence electrons. The van der Waals surface area contributed by atoms with Gasteiger partial charge in [-0.2, -0.15) is 10.1 Å². The number of anilines is 1. The number of hydrogen-bond acceptors (Lipinski definition) is 5. The van der Waals surface area contributed by atoms with E-state index in [0.29, 0.717) is 12.4 Å². The predicted molar refractivity (Wildman–Crippen MR) is 100 cm³/mol. The smallest absolute Gasteiger partial charge is 0.226 e.